The summed E-state index contributed by atoms with van der Waals surface area (Å²) in [5, 5.41) is 0.505. The second-order valence-corrected chi connectivity index (χ2v) is 9.00. The lowest BCUT2D eigenvalue weighted by atomic mass is 10.1. The van der Waals surface area contributed by atoms with Gasteiger partial charge in [-0.05, 0) is 57.3 Å². The number of fused-ring (bicyclic) bond motifs is 3. The van der Waals surface area contributed by atoms with Gasteiger partial charge in [0.2, 0.25) is 5.28 Å². The Morgan fingerprint density at radius 3 is 2.43 bits per heavy atom. The quantitative estimate of drug-likeness (QED) is 0.620. The van der Waals surface area contributed by atoms with Crippen LogP contribution in [0.2, 0.25) is 10.3 Å². The van der Waals surface area contributed by atoms with Crippen LogP contribution in [0, 0.1) is 5.82 Å². The summed E-state index contributed by atoms with van der Waals surface area (Å²) >= 11 is 12.0. The summed E-state index contributed by atoms with van der Waals surface area (Å²) in [5.74, 6) is -0.0496. The first-order valence-electron chi connectivity index (χ1n) is 9.21. The topological polar surface area (TPSA) is 58.6 Å². The van der Waals surface area contributed by atoms with Gasteiger partial charge in [0.1, 0.15) is 16.9 Å². The molecule has 1 aromatic heterocycles. The highest BCUT2D eigenvalue weighted by molar-refractivity contribution is 6.32. The molecule has 0 N–H and O–H groups in total. The fourth-order valence-electron chi connectivity index (χ4n) is 4.02. The van der Waals surface area contributed by atoms with E-state index in [0.29, 0.717) is 24.3 Å². The molecule has 4 rings (SSSR count). The van der Waals surface area contributed by atoms with E-state index in [0.717, 1.165) is 12.8 Å². The minimum atomic E-state index is -0.611. The molecule has 2 fully saturated rings. The lowest BCUT2D eigenvalue weighted by Gasteiger charge is -2.42. The molecule has 0 radical (unpaired) electrons. The molecule has 2 unspecified atom stereocenters. The van der Waals surface area contributed by atoms with Gasteiger partial charge < -0.3 is 9.64 Å². The number of halogens is 3. The van der Waals surface area contributed by atoms with Crippen molar-refractivity contribution in [2.24, 2.45) is 0 Å². The van der Waals surface area contributed by atoms with E-state index in [4.69, 9.17) is 27.9 Å². The average Bonchev–Trinajstić information content (AvgIpc) is 2.87. The number of nitrogens with zero attached hydrogens (tertiary/aromatic N) is 4. The van der Waals surface area contributed by atoms with Gasteiger partial charge in [-0.15, -0.1) is 0 Å². The maximum absolute atomic E-state index is 14.4. The Morgan fingerprint density at radius 2 is 1.82 bits per heavy atom. The predicted octanol–water partition coefficient (Wildman–Crippen LogP) is 4.66. The Hall–Kier alpha value is -1.86. The number of benzene rings is 1. The van der Waals surface area contributed by atoms with Crippen molar-refractivity contribution in [2.45, 2.75) is 51.3 Å². The number of carbonyl (C=O) groups excluding carboxylic acids is 1. The van der Waals surface area contributed by atoms with Crippen LogP contribution < -0.4 is 4.90 Å². The van der Waals surface area contributed by atoms with Crippen molar-refractivity contribution < 1.29 is 13.9 Å². The molecule has 150 valence electrons. The summed E-state index contributed by atoms with van der Waals surface area (Å²) in [6.45, 7) is 6.72. The molecule has 3 heterocycles. The molecule has 1 amide bonds. The van der Waals surface area contributed by atoms with Gasteiger partial charge in [0.25, 0.3) is 0 Å². The molecule has 28 heavy (non-hydrogen) atoms. The first kappa shape index (κ1) is 19.5. The molecule has 2 bridgehead atoms. The first-order chi connectivity index (χ1) is 13.1. The van der Waals surface area contributed by atoms with E-state index in [1.807, 2.05) is 30.6 Å². The van der Waals surface area contributed by atoms with Gasteiger partial charge >= 0.3 is 6.09 Å². The Kier molecular flexibility index (Phi) is 4.78. The van der Waals surface area contributed by atoms with Crippen LogP contribution in [-0.2, 0) is 4.74 Å². The number of rotatable bonds is 1. The lowest BCUT2D eigenvalue weighted by Crippen LogP contribution is -2.57. The predicted molar refractivity (Wildman–Crippen MR) is 107 cm³/mol. The molecule has 6 nitrogen and oxygen atoms in total. The summed E-state index contributed by atoms with van der Waals surface area (Å²) < 4.78 is 20.0. The van der Waals surface area contributed by atoms with Crippen molar-refractivity contribution in [2.75, 3.05) is 18.0 Å². The van der Waals surface area contributed by atoms with Crippen LogP contribution in [0.25, 0.3) is 10.9 Å². The first-order valence-corrected chi connectivity index (χ1v) is 9.97. The van der Waals surface area contributed by atoms with Crippen molar-refractivity contribution in [3.8, 4) is 0 Å². The number of aromatic nitrogens is 2. The highest BCUT2D eigenvalue weighted by Gasteiger charge is 2.45. The number of piperazine rings is 1. The van der Waals surface area contributed by atoms with E-state index < -0.39 is 11.4 Å². The van der Waals surface area contributed by atoms with Gasteiger partial charge in [-0.3, -0.25) is 4.90 Å². The molecule has 0 aliphatic carbocycles. The molecule has 2 aromatic rings. The van der Waals surface area contributed by atoms with E-state index >= 15 is 0 Å². The number of amides is 1. The highest BCUT2D eigenvalue weighted by atomic mass is 35.5. The molecule has 9 heteroatoms. The van der Waals surface area contributed by atoms with Crippen molar-refractivity contribution in [1.82, 2.24) is 14.9 Å². The number of carbonyl (C=O) groups is 1. The van der Waals surface area contributed by atoms with Crippen LogP contribution in [0.4, 0.5) is 15.0 Å². The standard InChI is InChI=1S/C19H21Cl2FN4O2/c1-19(2,3)28-18(27)26-10-4-5-11(26)9-25(8-10)16-12-6-7-13(20)14(22)15(12)23-17(21)24-16/h6-7,10-11H,4-5,8-9H2,1-3H3. The largest absolute Gasteiger partial charge is 0.444 e. The van der Waals surface area contributed by atoms with Crippen LogP contribution in [-0.4, -0.2) is 51.7 Å². The van der Waals surface area contributed by atoms with Gasteiger partial charge in [-0.1, -0.05) is 11.6 Å². The van der Waals surface area contributed by atoms with Gasteiger partial charge in [0.15, 0.2) is 5.82 Å². The number of ether oxygens (including phenoxy) is 1. The second kappa shape index (κ2) is 6.88. The van der Waals surface area contributed by atoms with Crippen molar-refractivity contribution in [1.29, 1.82) is 0 Å². The van der Waals surface area contributed by atoms with E-state index in [2.05, 4.69) is 9.97 Å². The Bertz CT molecular complexity index is 936. The normalized spacial score (nSPS) is 22.1. The van der Waals surface area contributed by atoms with Crippen LogP contribution in [0.15, 0.2) is 12.1 Å². The van der Waals surface area contributed by atoms with Crippen LogP contribution >= 0.6 is 23.2 Å². The lowest BCUT2D eigenvalue weighted by molar-refractivity contribution is 0.0123. The SMILES string of the molecule is CC(C)(C)OC(=O)N1C2CCC1CN(c1nc(Cl)nc3c(F)c(Cl)ccc13)C2. The molecule has 2 atom stereocenters. The maximum Gasteiger partial charge on any atom is 0.410 e. The van der Waals surface area contributed by atoms with Crippen molar-refractivity contribution >= 4 is 46.0 Å². The summed E-state index contributed by atoms with van der Waals surface area (Å²) in [7, 11) is 0. The Morgan fingerprint density at radius 1 is 1.18 bits per heavy atom. The van der Waals surface area contributed by atoms with Gasteiger partial charge in [0, 0.05) is 18.5 Å². The van der Waals surface area contributed by atoms with E-state index in [1.165, 1.54) is 6.07 Å². The number of hydrogen-bond donors (Lipinski definition) is 0. The third-order valence-corrected chi connectivity index (χ3v) is 5.56. The fraction of sp³-hybridized carbons (Fsp3) is 0.526. The van der Waals surface area contributed by atoms with Crippen molar-refractivity contribution in [3.05, 3.63) is 28.3 Å². The molecule has 0 saturated carbocycles. The zero-order valence-corrected chi connectivity index (χ0v) is 17.4. The van der Waals surface area contributed by atoms with Crippen LogP contribution in [0.3, 0.4) is 0 Å². The van der Waals surface area contributed by atoms with Crippen LogP contribution in [0.1, 0.15) is 33.6 Å². The third-order valence-electron chi connectivity index (χ3n) is 5.10. The van der Waals surface area contributed by atoms with Gasteiger partial charge in [-0.2, -0.15) is 4.98 Å². The number of anilines is 1. The fourth-order valence-corrected chi connectivity index (χ4v) is 4.34. The summed E-state index contributed by atoms with van der Waals surface area (Å²) in [4.78, 5) is 24.9. The maximum atomic E-state index is 14.4. The highest BCUT2D eigenvalue weighted by Crippen LogP contribution is 2.37. The molecular weight excluding hydrogens is 406 g/mol. The van der Waals surface area contributed by atoms with E-state index in [-0.39, 0.29) is 34.0 Å². The molecule has 0 spiro atoms. The Labute approximate surface area is 172 Å². The minimum absolute atomic E-state index is 0.00883. The average molecular weight is 427 g/mol. The van der Waals surface area contributed by atoms with E-state index in [1.54, 1.807) is 6.07 Å². The number of hydrogen-bond acceptors (Lipinski definition) is 5. The molecule has 1 aromatic carbocycles. The molecule has 2 aliphatic rings. The van der Waals surface area contributed by atoms with E-state index in [9.17, 15) is 9.18 Å². The molecule has 2 aliphatic heterocycles. The summed E-state index contributed by atoms with van der Waals surface area (Å²) in [6, 6.07) is 3.21. The third kappa shape index (κ3) is 3.46. The molecular formula is C19H21Cl2FN4O2. The van der Waals surface area contributed by atoms with Gasteiger partial charge in [0.05, 0.1) is 17.1 Å². The van der Waals surface area contributed by atoms with Gasteiger partial charge in [-0.25, -0.2) is 14.2 Å². The Balaban J connectivity index is 1.65. The molecule has 2 saturated heterocycles. The zero-order valence-electron chi connectivity index (χ0n) is 15.9. The monoisotopic (exact) mass is 426 g/mol. The zero-order chi connectivity index (χ0) is 20.2. The van der Waals surface area contributed by atoms with Crippen molar-refractivity contribution in [3.63, 3.8) is 0 Å². The smallest absolute Gasteiger partial charge is 0.410 e. The minimum Gasteiger partial charge on any atom is -0.444 e. The summed E-state index contributed by atoms with van der Waals surface area (Å²) in [5.41, 5.74) is -0.440. The summed E-state index contributed by atoms with van der Waals surface area (Å²) in [6.07, 6.45) is 1.48. The van der Waals surface area contributed by atoms with Crippen LogP contribution in [0.5, 0.6) is 0 Å². The second-order valence-electron chi connectivity index (χ2n) is 8.25.